The molecule has 0 unspecified atom stereocenters. The first-order valence-electron chi connectivity index (χ1n) is 8.48. The van der Waals surface area contributed by atoms with Crippen molar-refractivity contribution in [2.75, 3.05) is 18.0 Å². The van der Waals surface area contributed by atoms with Crippen LogP contribution in [0.5, 0.6) is 0 Å². The summed E-state index contributed by atoms with van der Waals surface area (Å²) in [6, 6.07) is 4.08. The molecule has 5 nitrogen and oxygen atoms in total. The van der Waals surface area contributed by atoms with E-state index in [-0.39, 0.29) is 11.4 Å². The molecule has 2 aromatic heterocycles. The quantitative estimate of drug-likeness (QED) is 0.898. The third-order valence-electron chi connectivity index (χ3n) is 4.50. The lowest BCUT2D eigenvalue weighted by Crippen LogP contribution is -2.42. The monoisotopic (exact) mass is 344 g/mol. The standard InChI is InChI=1S/C18H24N4OS/c1-4-18(2,3)21-16(23)14-12-24-17(20-14)13-7-8-15(19-11-13)22-9-5-6-10-22/h7-8,11-12H,4-6,9-10H2,1-3H3,(H,21,23). The van der Waals surface area contributed by atoms with Crippen LogP contribution in [0, 0.1) is 0 Å². The lowest BCUT2D eigenvalue weighted by Gasteiger charge is -2.23. The van der Waals surface area contributed by atoms with Gasteiger partial charge in [-0.3, -0.25) is 4.79 Å². The third-order valence-corrected chi connectivity index (χ3v) is 5.39. The van der Waals surface area contributed by atoms with Crippen LogP contribution in [0.3, 0.4) is 0 Å². The van der Waals surface area contributed by atoms with Crippen molar-refractivity contribution in [1.82, 2.24) is 15.3 Å². The number of carbonyl (C=O) groups excluding carboxylic acids is 1. The van der Waals surface area contributed by atoms with Crippen LogP contribution < -0.4 is 10.2 Å². The molecule has 1 aliphatic heterocycles. The number of aromatic nitrogens is 2. The summed E-state index contributed by atoms with van der Waals surface area (Å²) < 4.78 is 0. The Hall–Kier alpha value is -1.95. The van der Waals surface area contributed by atoms with Gasteiger partial charge in [-0.05, 0) is 45.2 Å². The van der Waals surface area contributed by atoms with Gasteiger partial charge in [0.2, 0.25) is 0 Å². The van der Waals surface area contributed by atoms with Gasteiger partial charge in [-0.15, -0.1) is 11.3 Å². The van der Waals surface area contributed by atoms with E-state index in [0.717, 1.165) is 35.9 Å². The van der Waals surface area contributed by atoms with Crippen molar-refractivity contribution in [2.24, 2.45) is 0 Å². The number of hydrogen-bond donors (Lipinski definition) is 1. The van der Waals surface area contributed by atoms with Gasteiger partial charge in [0.05, 0.1) is 0 Å². The first-order chi connectivity index (χ1) is 11.5. The molecule has 1 fully saturated rings. The fourth-order valence-corrected chi connectivity index (χ4v) is 3.41. The summed E-state index contributed by atoms with van der Waals surface area (Å²) in [5.74, 6) is 0.904. The average molecular weight is 344 g/mol. The maximum absolute atomic E-state index is 12.3. The van der Waals surface area contributed by atoms with Crippen LogP contribution in [0.4, 0.5) is 5.82 Å². The van der Waals surface area contributed by atoms with E-state index in [0.29, 0.717) is 5.69 Å². The smallest absolute Gasteiger partial charge is 0.271 e. The van der Waals surface area contributed by atoms with Crippen LogP contribution >= 0.6 is 11.3 Å². The summed E-state index contributed by atoms with van der Waals surface area (Å²) in [4.78, 5) is 23.6. The summed E-state index contributed by atoms with van der Waals surface area (Å²) in [7, 11) is 0. The van der Waals surface area contributed by atoms with Crippen molar-refractivity contribution in [3.63, 3.8) is 0 Å². The topological polar surface area (TPSA) is 58.1 Å². The Balaban J connectivity index is 1.72. The normalized spacial score (nSPS) is 14.9. The molecule has 0 radical (unpaired) electrons. The summed E-state index contributed by atoms with van der Waals surface area (Å²) in [5, 5.41) is 5.66. The number of rotatable bonds is 5. The van der Waals surface area contributed by atoms with Crippen molar-refractivity contribution in [1.29, 1.82) is 0 Å². The summed E-state index contributed by atoms with van der Waals surface area (Å²) in [6.45, 7) is 8.25. The highest BCUT2D eigenvalue weighted by atomic mass is 32.1. The molecule has 2 aromatic rings. The summed E-state index contributed by atoms with van der Waals surface area (Å²) >= 11 is 1.48. The molecule has 24 heavy (non-hydrogen) atoms. The zero-order chi connectivity index (χ0) is 17.2. The van der Waals surface area contributed by atoms with Crippen LogP contribution in [-0.2, 0) is 0 Å². The number of amides is 1. The molecule has 0 bridgehead atoms. The van der Waals surface area contributed by atoms with Gasteiger partial charge in [0, 0.05) is 35.8 Å². The van der Waals surface area contributed by atoms with Gasteiger partial charge in [0.15, 0.2) is 0 Å². The molecule has 1 saturated heterocycles. The molecular formula is C18H24N4OS. The largest absolute Gasteiger partial charge is 0.357 e. The third kappa shape index (κ3) is 3.75. The van der Waals surface area contributed by atoms with Gasteiger partial charge in [-0.2, -0.15) is 0 Å². The van der Waals surface area contributed by atoms with Crippen LogP contribution in [-0.4, -0.2) is 34.5 Å². The molecule has 6 heteroatoms. The number of carbonyl (C=O) groups is 1. The molecule has 1 N–H and O–H groups in total. The van der Waals surface area contributed by atoms with Crippen molar-refractivity contribution in [3.05, 3.63) is 29.4 Å². The minimum Gasteiger partial charge on any atom is -0.357 e. The van der Waals surface area contributed by atoms with Crippen LogP contribution in [0.25, 0.3) is 10.6 Å². The Bertz CT molecular complexity index is 702. The Kier molecular flexibility index (Phi) is 4.85. The molecule has 0 aromatic carbocycles. The second kappa shape index (κ2) is 6.89. The molecule has 0 saturated carbocycles. The Morgan fingerprint density at radius 2 is 2.08 bits per heavy atom. The first kappa shape index (κ1) is 16.9. The number of pyridine rings is 1. The molecular weight excluding hydrogens is 320 g/mol. The van der Waals surface area contributed by atoms with E-state index in [1.807, 2.05) is 37.6 Å². The Morgan fingerprint density at radius 1 is 1.33 bits per heavy atom. The minimum atomic E-state index is -0.222. The Morgan fingerprint density at radius 3 is 2.71 bits per heavy atom. The molecule has 1 amide bonds. The van der Waals surface area contributed by atoms with Gasteiger partial charge in [-0.1, -0.05) is 6.92 Å². The fraction of sp³-hybridized carbons (Fsp3) is 0.500. The number of hydrogen-bond acceptors (Lipinski definition) is 5. The zero-order valence-corrected chi connectivity index (χ0v) is 15.3. The van der Waals surface area contributed by atoms with Gasteiger partial charge in [0.25, 0.3) is 5.91 Å². The molecule has 1 aliphatic rings. The molecule has 128 valence electrons. The van der Waals surface area contributed by atoms with Gasteiger partial charge >= 0.3 is 0 Å². The van der Waals surface area contributed by atoms with E-state index in [4.69, 9.17) is 0 Å². The van der Waals surface area contributed by atoms with E-state index in [1.165, 1.54) is 24.2 Å². The molecule has 3 rings (SSSR count). The fourth-order valence-electron chi connectivity index (χ4n) is 2.62. The number of nitrogens with one attached hydrogen (secondary N) is 1. The minimum absolute atomic E-state index is 0.119. The van der Waals surface area contributed by atoms with Crippen LogP contribution in [0.15, 0.2) is 23.7 Å². The second-order valence-electron chi connectivity index (χ2n) is 6.83. The number of nitrogens with zero attached hydrogens (tertiary/aromatic N) is 3. The molecule has 0 atom stereocenters. The van der Waals surface area contributed by atoms with E-state index in [1.54, 1.807) is 0 Å². The average Bonchev–Trinajstić information content (AvgIpc) is 3.26. The highest BCUT2D eigenvalue weighted by molar-refractivity contribution is 7.13. The van der Waals surface area contributed by atoms with Crippen LogP contribution in [0.2, 0.25) is 0 Å². The zero-order valence-electron chi connectivity index (χ0n) is 14.5. The first-order valence-corrected chi connectivity index (χ1v) is 9.36. The van der Waals surface area contributed by atoms with Gasteiger partial charge in [-0.25, -0.2) is 9.97 Å². The lowest BCUT2D eigenvalue weighted by atomic mass is 10.0. The molecule has 0 aliphatic carbocycles. The molecule has 0 spiro atoms. The highest BCUT2D eigenvalue weighted by Crippen LogP contribution is 2.26. The van der Waals surface area contributed by atoms with E-state index in [9.17, 15) is 4.79 Å². The predicted octanol–water partition coefficient (Wildman–Crippen LogP) is 3.72. The van der Waals surface area contributed by atoms with Gasteiger partial charge < -0.3 is 10.2 Å². The maximum atomic E-state index is 12.3. The van der Waals surface area contributed by atoms with E-state index < -0.39 is 0 Å². The van der Waals surface area contributed by atoms with Crippen molar-refractivity contribution >= 4 is 23.1 Å². The Labute approximate surface area is 147 Å². The highest BCUT2D eigenvalue weighted by Gasteiger charge is 2.21. The SMILES string of the molecule is CCC(C)(C)NC(=O)c1csc(-c2ccc(N3CCCC3)nc2)n1. The lowest BCUT2D eigenvalue weighted by molar-refractivity contribution is 0.0907. The van der Waals surface area contributed by atoms with Crippen molar-refractivity contribution in [3.8, 4) is 10.6 Å². The summed E-state index contributed by atoms with van der Waals surface area (Å²) in [5.41, 5.74) is 1.21. The van der Waals surface area contributed by atoms with Crippen molar-refractivity contribution in [2.45, 2.75) is 45.6 Å². The predicted molar refractivity (Wildman–Crippen MR) is 98.6 cm³/mol. The molecule has 3 heterocycles. The number of anilines is 1. The summed E-state index contributed by atoms with van der Waals surface area (Å²) in [6.07, 6.45) is 5.20. The second-order valence-corrected chi connectivity index (χ2v) is 7.69. The van der Waals surface area contributed by atoms with Crippen LogP contribution in [0.1, 0.15) is 50.5 Å². The van der Waals surface area contributed by atoms with Crippen molar-refractivity contribution < 1.29 is 4.79 Å². The van der Waals surface area contributed by atoms with E-state index in [2.05, 4.69) is 27.1 Å². The number of thiazole rings is 1. The van der Waals surface area contributed by atoms with Gasteiger partial charge in [0.1, 0.15) is 16.5 Å². The van der Waals surface area contributed by atoms with E-state index >= 15 is 0 Å². The maximum Gasteiger partial charge on any atom is 0.271 e.